The minimum Gasteiger partial charge on any atom is -0.467 e. The van der Waals surface area contributed by atoms with Crippen LogP contribution in [-0.4, -0.2) is 34.6 Å². The van der Waals surface area contributed by atoms with Crippen molar-refractivity contribution in [1.82, 2.24) is 15.5 Å². The Hall–Kier alpha value is -3.01. The summed E-state index contributed by atoms with van der Waals surface area (Å²) in [6.07, 6.45) is -4.07. The van der Waals surface area contributed by atoms with Gasteiger partial charge in [0.15, 0.2) is 0 Å². The van der Waals surface area contributed by atoms with Crippen molar-refractivity contribution in [2.24, 2.45) is 0 Å². The van der Waals surface area contributed by atoms with Crippen LogP contribution in [0.1, 0.15) is 16.1 Å². The predicted molar refractivity (Wildman–Crippen MR) is 85.5 cm³/mol. The third-order valence-corrected chi connectivity index (χ3v) is 4.17. The molecule has 27 heavy (non-hydrogen) atoms. The molecule has 0 bridgehead atoms. The van der Waals surface area contributed by atoms with Crippen LogP contribution in [0, 0.1) is 0 Å². The smallest absolute Gasteiger partial charge is 0.440 e. The summed E-state index contributed by atoms with van der Waals surface area (Å²) in [7, 11) is 0. The Kier molecular flexibility index (Phi) is 4.60. The van der Waals surface area contributed by atoms with E-state index in [-0.39, 0.29) is 16.3 Å². The van der Waals surface area contributed by atoms with Crippen LogP contribution < -0.4 is 10.6 Å². The number of nitrogens with zero attached hydrogens (tertiary/aromatic N) is 1. The fourth-order valence-electron chi connectivity index (χ4n) is 2.51. The van der Waals surface area contributed by atoms with Crippen LogP contribution in [0.15, 0.2) is 47.1 Å². The molecule has 0 aliphatic carbocycles. The van der Waals surface area contributed by atoms with E-state index in [4.69, 9.17) is 16.0 Å². The number of carbonyl (C=O) groups excluding carboxylic acids is 3. The Balaban J connectivity index is 1.94. The van der Waals surface area contributed by atoms with E-state index in [0.717, 1.165) is 0 Å². The summed E-state index contributed by atoms with van der Waals surface area (Å²) in [5.41, 5.74) is -3.90. The molecule has 1 aliphatic heterocycles. The van der Waals surface area contributed by atoms with E-state index in [1.807, 2.05) is 0 Å². The van der Waals surface area contributed by atoms with Crippen LogP contribution in [0.5, 0.6) is 0 Å². The van der Waals surface area contributed by atoms with E-state index in [0.29, 0.717) is 4.90 Å². The molecule has 0 saturated carbocycles. The highest BCUT2D eigenvalue weighted by Gasteiger charge is 2.68. The maximum atomic E-state index is 13.7. The van der Waals surface area contributed by atoms with Gasteiger partial charge in [-0.25, -0.2) is 4.79 Å². The Bertz CT molecular complexity index is 901. The molecule has 0 radical (unpaired) electrons. The van der Waals surface area contributed by atoms with Gasteiger partial charge in [0, 0.05) is 0 Å². The maximum Gasteiger partial charge on any atom is 0.440 e. The highest BCUT2D eigenvalue weighted by Crippen LogP contribution is 2.35. The van der Waals surface area contributed by atoms with Crippen molar-refractivity contribution in [3.63, 3.8) is 0 Å². The standard InChI is InChI=1S/C16H11ClF3N3O4/c17-11-6-2-1-5-10(11)12(24)21-15(16(18,19)20)13(25)23(14(26)22-15)8-9-4-3-7-27-9/h1-7H,8H2,(H,21,24)(H,22,26)/t15-/m1/s1. The molecule has 1 aliphatic rings. The second-order valence-electron chi connectivity index (χ2n) is 5.58. The minimum absolute atomic E-state index is 0.0916. The van der Waals surface area contributed by atoms with E-state index in [1.54, 1.807) is 5.32 Å². The quantitative estimate of drug-likeness (QED) is 0.770. The monoisotopic (exact) mass is 401 g/mol. The minimum atomic E-state index is -5.31. The van der Waals surface area contributed by atoms with Crippen molar-refractivity contribution in [2.45, 2.75) is 18.4 Å². The first-order valence-electron chi connectivity index (χ1n) is 7.46. The van der Waals surface area contributed by atoms with Crippen LogP contribution in [0.4, 0.5) is 18.0 Å². The summed E-state index contributed by atoms with van der Waals surface area (Å²) >= 11 is 5.82. The zero-order valence-electron chi connectivity index (χ0n) is 13.3. The molecule has 1 aromatic carbocycles. The molecule has 0 spiro atoms. The van der Waals surface area contributed by atoms with Gasteiger partial charge in [0.2, 0.25) is 0 Å². The van der Waals surface area contributed by atoms with Gasteiger partial charge >= 0.3 is 12.2 Å². The van der Waals surface area contributed by atoms with Crippen LogP contribution in [0.2, 0.25) is 5.02 Å². The molecule has 1 aromatic heterocycles. The van der Waals surface area contributed by atoms with Gasteiger partial charge in [-0.05, 0) is 24.3 Å². The lowest BCUT2D eigenvalue weighted by atomic mass is 10.1. The average Bonchev–Trinajstić information content (AvgIpc) is 3.18. The fourth-order valence-corrected chi connectivity index (χ4v) is 2.73. The van der Waals surface area contributed by atoms with Crippen molar-refractivity contribution >= 4 is 29.4 Å². The molecule has 2 heterocycles. The number of benzene rings is 1. The van der Waals surface area contributed by atoms with Gasteiger partial charge in [-0.15, -0.1) is 0 Å². The first-order chi connectivity index (χ1) is 12.7. The van der Waals surface area contributed by atoms with Gasteiger partial charge in [0.25, 0.3) is 17.5 Å². The Morgan fingerprint density at radius 2 is 1.93 bits per heavy atom. The van der Waals surface area contributed by atoms with Crippen LogP contribution in [0.25, 0.3) is 0 Å². The van der Waals surface area contributed by atoms with Gasteiger partial charge < -0.3 is 9.73 Å². The van der Waals surface area contributed by atoms with E-state index in [9.17, 15) is 27.6 Å². The Morgan fingerprint density at radius 1 is 1.22 bits per heavy atom. The highest BCUT2D eigenvalue weighted by atomic mass is 35.5. The molecule has 0 unspecified atom stereocenters. The summed E-state index contributed by atoms with van der Waals surface area (Å²) in [5, 5.41) is 3.00. The number of carbonyl (C=O) groups is 3. The highest BCUT2D eigenvalue weighted by molar-refractivity contribution is 6.34. The second kappa shape index (κ2) is 6.62. The Labute approximate surface area is 155 Å². The molecule has 2 aromatic rings. The van der Waals surface area contributed by atoms with Crippen molar-refractivity contribution in [3.05, 3.63) is 59.0 Å². The first kappa shape index (κ1) is 18.8. The molecule has 2 N–H and O–H groups in total. The number of amides is 4. The van der Waals surface area contributed by atoms with Gasteiger partial charge in [0.1, 0.15) is 5.76 Å². The van der Waals surface area contributed by atoms with Crippen molar-refractivity contribution in [2.75, 3.05) is 0 Å². The molecule has 7 nitrogen and oxygen atoms in total. The fraction of sp³-hybridized carbons (Fsp3) is 0.188. The second-order valence-corrected chi connectivity index (χ2v) is 5.99. The van der Waals surface area contributed by atoms with Crippen molar-refractivity contribution < 1.29 is 32.0 Å². The number of hydrogen-bond donors (Lipinski definition) is 2. The van der Waals surface area contributed by atoms with Gasteiger partial charge in [-0.3, -0.25) is 19.8 Å². The summed E-state index contributed by atoms with van der Waals surface area (Å²) in [5.74, 6) is -2.86. The largest absolute Gasteiger partial charge is 0.467 e. The van der Waals surface area contributed by atoms with Crippen molar-refractivity contribution in [3.8, 4) is 0 Å². The number of urea groups is 1. The van der Waals surface area contributed by atoms with E-state index >= 15 is 0 Å². The molecule has 3 rings (SSSR count). The molecule has 142 valence electrons. The summed E-state index contributed by atoms with van der Waals surface area (Å²) in [4.78, 5) is 37.1. The SMILES string of the molecule is O=C(N[C@@]1(C(F)(F)F)NC(=O)N(Cc2ccco2)C1=O)c1ccccc1Cl. The number of hydrogen-bond acceptors (Lipinski definition) is 4. The number of imide groups is 1. The van der Waals surface area contributed by atoms with Crippen molar-refractivity contribution in [1.29, 1.82) is 0 Å². The number of alkyl halides is 3. The third-order valence-electron chi connectivity index (χ3n) is 3.84. The summed E-state index contributed by atoms with van der Waals surface area (Å²) < 4.78 is 46.2. The molecule has 11 heteroatoms. The van der Waals surface area contributed by atoms with Gasteiger partial charge in [-0.1, -0.05) is 23.7 Å². The molecule has 1 atom stereocenters. The van der Waals surface area contributed by atoms with Gasteiger partial charge in [0.05, 0.1) is 23.4 Å². The van der Waals surface area contributed by atoms with Crippen LogP contribution >= 0.6 is 11.6 Å². The molecule has 1 fully saturated rings. The Morgan fingerprint density at radius 3 is 2.52 bits per heavy atom. The lowest BCUT2D eigenvalue weighted by molar-refractivity contribution is -0.200. The predicted octanol–water partition coefficient (Wildman–Crippen LogP) is 2.67. The summed E-state index contributed by atoms with van der Waals surface area (Å²) in [6, 6.07) is 6.86. The van der Waals surface area contributed by atoms with Crippen LogP contribution in [0.3, 0.4) is 0 Å². The lowest BCUT2D eigenvalue weighted by Gasteiger charge is -2.29. The zero-order valence-corrected chi connectivity index (χ0v) is 14.1. The van der Waals surface area contributed by atoms with E-state index in [2.05, 4.69) is 0 Å². The maximum absolute atomic E-state index is 13.7. The number of nitrogens with one attached hydrogen (secondary N) is 2. The molecular formula is C16H11ClF3N3O4. The normalized spacial score (nSPS) is 19.9. The lowest BCUT2D eigenvalue weighted by Crippen LogP contribution is -2.69. The van der Waals surface area contributed by atoms with E-state index < -0.39 is 36.2 Å². The number of furan rings is 1. The topological polar surface area (TPSA) is 91.7 Å². The number of halogens is 4. The molecular weight excluding hydrogens is 391 g/mol. The molecule has 4 amide bonds. The average molecular weight is 402 g/mol. The summed E-state index contributed by atoms with van der Waals surface area (Å²) in [6.45, 7) is -0.530. The van der Waals surface area contributed by atoms with Gasteiger partial charge in [-0.2, -0.15) is 13.2 Å². The first-order valence-corrected chi connectivity index (χ1v) is 7.84. The van der Waals surface area contributed by atoms with Crippen LogP contribution in [-0.2, 0) is 11.3 Å². The molecule has 1 saturated heterocycles. The zero-order chi connectivity index (χ0) is 19.8. The third kappa shape index (κ3) is 3.23. The number of rotatable bonds is 4. The van der Waals surface area contributed by atoms with E-state index in [1.165, 1.54) is 48.0 Å².